The third kappa shape index (κ3) is 5.79. The lowest BCUT2D eigenvalue weighted by molar-refractivity contribution is 0.280. The first-order valence-corrected chi connectivity index (χ1v) is 8.14. The Labute approximate surface area is 130 Å². The second kappa shape index (κ2) is 8.72. The summed E-state index contributed by atoms with van der Waals surface area (Å²) in [6.07, 6.45) is 8.42. The molecule has 2 nitrogen and oxygen atoms in total. The molecule has 0 radical (unpaired) electrons. The first kappa shape index (κ1) is 17.6. The van der Waals surface area contributed by atoms with E-state index in [1.54, 1.807) is 0 Å². The summed E-state index contributed by atoms with van der Waals surface area (Å²) in [6.45, 7) is 16.3. The highest BCUT2D eigenvalue weighted by Crippen LogP contribution is 2.32. The molecule has 21 heavy (non-hydrogen) atoms. The van der Waals surface area contributed by atoms with Crippen molar-refractivity contribution in [2.45, 2.75) is 64.8 Å². The number of nitrogens with zero attached hydrogens (tertiary/aromatic N) is 1. The van der Waals surface area contributed by atoms with Gasteiger partial charge in [-0.05, 0) is 44.4 Å². The van der Waals surface area contributed by atoms with E-state index in [1.807, 2.05) is 6.92 Å². The summed E-state index contributed by atoms with van der Waals surface area (Å²) in [6, 6.07) is 2.18. The van der Waals surface area contributed by atoms with Crippen LogP contribution in [-0.4, -0.2) is 6.04 Å². The number of hydrogen-bond acceptors (Lipinski definition) is 2. The van der Waals surface area contributed by atoms with Crippen LogP contribution in [0.1, 0.15) is 58.8 Å². The predicted molar refractivity (Wildman–Crippen MR) is 90.6 cm³/mol. The topological polar surface area (TPSA) is 35.8 Å². The Morgan fingerprint density at radius 1 is 1.24 bits per heavy atom. The van der Waals surface area contributed by atoms with Crippen molar-refractivity contribution in [3.8, 4) is 6.07 Å². The van der Waals surface area contributed by atoms with E-state index in [-0.39, 0.29) is 6.04 Å². The summed E-state index contributed by atoms with van der Waals surface area (Å²) >= 11 is 0. The molecule has 0 spiro atoms. The van der Waals surface area contributed by atoms with Crippen LogP contribution in [0.3, 0.4) is 0 Å². The van der Waals surface area contributed by atoms with E-state index < -0.39 is 0 Å². The van der Waals surface area contributed by atoms with Crippen LogP contribution in [0.2, 0.25) is 0 Å². The lowest BCUT2D eigenvalue weighted by Crippen LogP contribution is -2.34. The third-order valence-corrected chi connectivity index (χ3v) is 4.69. The van der Waals surface area contributed by atoms with Crippen molar-refractivity contribution in [2.75, 3.05) is 0 Å². The molecule has 0 saturated heterocycles. The summed E-state index contributed by atoms with van der Waals surface area (Å²) in [5, 5.41) is 12.6. The van der Waals surface area contributed by atoms with Crippen molar-refractivity contribution >= 4 is 0 Å². The first-order chi connectivity index (χ1) is 9.95. The number of nitriles is 1. The molecule has 1 aliphatic carbocycles. The Morgan fingerprint density at radius 3 is 2.38 bits per heavy atom. The molecule has 0 aromatic heterocycles. The lowest BCUT2D eigenvalue weighted by atomic mass is 9.79. The van der Waals surface area contributed by atoms with Crippen molar-refractivity contribution in [2.24, 2.45) is 11.8 Å². The SMILES string of the molecule is C=C(C)CC[C@@H](NC(=C)C(C)C1CCCCC1)C(=C)C#N. The maximum atomic E-state index is 9.13. The molecule has 0 heterocycles. The molecule has 116 valence electrons. The highest BCUT2D eigenvalue weighted by molar-refractivity contribution is 5.25. The van der Waals surface area contributed by atoms with Crippen LogP contribution in [0, 0.1) is 23.2 Å². The van der Waals surface area contributed by atoms with Crippen LogP contribution in [0.15, 0.2) is 36.6 Å². The Hall–Kier alpha value is -1.49. The van der Waals surface area contributed by atoms with E-state index in [1.165, 1.54) is 32.1 Å². The minimum atomic E-state index is -0.00904. The molecule has 0 aromatic carbocycles. The van der Waals surface area contributed by atoms with Gasteiger partial charge in [-0.3, -0.25) is 0 Å². The summed E-state index contributed by atoms with van der Waals surface area (Å²) in [5.74, 6) is 1.19. The second-order valence-electron chi connectivity index (χ2n) is 6.54. The molecule has 2 atom stereocenters. The Morgan fingerprint density at radius 2 is 1.86 bits per heavy atom. The molecule has 1 rings (SSSR count). The molecular weight excluding hydrogens is 256 g/mol. The zero-order valence-corrected chi connectivity index (χ0v) is 13.8. The summed E-state index contributed by atoms with van der Waals surface area (Å²) in [4.78, 5) is 0. The van der Waals surface area contributed by atoms with Crippen LogP contribution in [0.25, 0.3) is 0 Å². The second-order valence-corrected chi connectivity index (χ2v) is 6.54. The molecule has 1 aliphatic rings. The van der Waals surface area contributed by atoms with E-state index in [4.69, 9.17) is 5.26 Å². The molecular formula is C19H30N2. The molecule has 0 amide bonds. The summed E-state index contributed by atoms with van der Waals surface area (Å²) in [7, 11) is 0. The maximum absolute atomic E-state index is 9.13. The Balaban J connectivity index is 2.59. The van der Waals surface area contributed by atoms with E-state index in [2.05, 4.69) is 38.0 Å². The minimum Gasteiger partial charge on any atom is -0.381 e. The van der Waals surface area contributed by atoms with Gasteiger partial charge in [-0.2, -0.15) is 5.26 Å². The Kier molecular flexibility index (Phi) is 7.29. The van der Waals surface area contributed by atoms with E-state index in [9.17, 15) is 0 Å². The molecule has 1 N–H and O–H groups in total. The normalized spacial score (nSPS) is 18.3. The number of rotatable bonds is 8. The third-order valence-electron chi connectivity index (χ3n) is 4.69. The predicted octanol–water partition coefficient (Wildman–Crippen LogP) is 5.11. The smallest absolute Gasteiger partial charge is 0.0962 e. The zero-order valence-electron chi connectivity index (χ0n) is 13.8. The van der Waals surface area contributed by atoms with E-state index >= 15 is 0 Å². The molecule has 2 heteroatoms. The molecule has 0 aliphatic heterocycles. The van der Waals surface area contributed by atoms with Crippen molar-refractivity contribution in [1.82, 2.24) is 5.32 Å². The van der Waals surface area contributed by atoms with Gasteiger partial charge in [0.2, 0.25) is 0 Å². The molecule has 1 fully saturated rings. The highest BCUT2D eigenvalue weighted by atomic mass is 14.9. The van der Waals surface area contributed by atoms with Crippen LogP contribution in [0.5, 0.6) is 0 Å². The van der Waals surface area contributed by atoms with Gasteiger partial charge < -0.3 is 5.32 Å². The average Bonchev–Trinajstić information content (AvgIpc) is 2.50. The zero-order chi connectivity index (χ0) is 15.8. The fourth-order valence-electron chi connectivity index (χ4n) is 3.08. The summed E-state index contributed by atoms with van der Waals surface area (Å²) < 4.78 is 0. The standard InChI is InChI=1S/C19H30N2/c1-14(2)11-12-19(15(3)13-20)21-17(5)16(4)18-9-7-6-8-10-18/h16,18-19,21H,1,3,5-12H2,2,4H3/t16?,19-/m1/s1. The minimum absolute atomic E-state index is 0.00904. The fourth-order valence-corrected chi connectivity index (χ4v) is 3.08. The number of hydrogen-bond donors (Lipinski definition) is 1. The fraction of sp³-hybridized carbons (Fsp3) is 0.632. The average molecular weight is 286 g/mol. The monoisotopic (exact) mass is 286 g/mol. The molecule has 1 saturated carbocycles. The Bertz CT molecular complexity index is 421. The number of allylic oxidation sites excluding steroid dienone is 2. The van der Waals surface area contributed by atoms with Gasteiger partial charge in [-0.25, -0.2) is 0 Å². The van der Waals surface area contributed by atoms with Gasteiger partial charge in [0.05, 0.1) is 12.1 Å². The van der Waals surface area contributed by atoms with Crippen molar-refractivity contribution in [1.29, 1.82) is 5.26 Å². The molecule has 0 bridgehead atoms. The van der Waals surface area contributed by atoms with Gasteiger partial charge in [0.25, 0.3) is 0 Å². The maximum Gasteiger partial charge on any atom is 0.0962 e. The van der Waals surface area contributed by atoms with Gasteiger partial charge in [-0.15, -0.1) is 6.58 Å². The van der Waals surface area contributed by atoms with Gasteiger partial charge in [0.1, 0.15) is 0 Å². The van der Waals surface area contributed by atoms with E-state index in [0.717, 1.165) is 30.0 Å². The van der Waals surface area contributed by atoms with Gasteiger partial charge >= 0.3 is 0 Å². The van der Waals surface area contributed by atoms with Gasteiger partial charge in [-0.1, -0.05) is 44.9 Å². The van der Waals surface area contributed by atoms with E-state index in [0.29, 0.717) is 11.5 Å². The van der Waals surface area contributed by atoms with Gasteiger partial charge in [0.15, 0.2) is 0 Å². The first-order valence-electron chi connectivity index (χ1n) is 8.14. The van der Waals surface area contributed by atoms with Crippen LogP contribution >= 0.6 is 0 Å². The largest absolute Gasteiger partial charge is 0.381 e. The highest BCUT2D eigenvalue weighted by Gasteiger charge is 2.24. The molecule has 0 aromatic rings. The quantitative estimate of drug-likeness (QED) is 0.497. The van der Waals surface area contributed by atoms with Crippen LogP contribution < -0.4 is 5.32 Å². The summed E-state index contributed by atoms with van der Waals surface area (Å²) in [5.41, 5.74) is 2.79. The van der Waals surface area contributed by atoms with Crippen molar-refractivity contribution < 1.29 is 0 Å². The van der Waals surface area contributed by atoms with Crippen molar-refractivity contribution in [3.05, 3.63) is 36.6 Å². The number of nitrogens with one attached hydrogen (secondary N) is 1. The van der Waals surface area contributed by atoms with Gasteiger partial charge in [0, 0.05) is 11.3 Å². The lowest BCUT2D eigenvalue weighted by Gasteiger charge is -2.31. The van der Waals surface area contributed by atoms with Crippen molar-refractivity contribution in [3.63, 3.8) is 0 Å². The van der Waals surface area contributed by atoms with Crippen LogP contribution in [-0.2, 0) is 0 Å². The molecule has 1 unspecified atom stereocenters. The van der Waals surface area contributed by atoms with Crippen LogP contribution in [0.4, 0.5) is 0 Å².